The third-order valence-corrected chi connectivity index (χ3v) is 2.92. The summed E-state index contributed by atoms with van der Waals surface area (Å²) in [6, 6.07) is 7.99. The SMILES string of the molecule is N#CC(=Cc1ccc(O)cc1)C(=O)NCCCCCC(=O)O. The van der Waals surface area contributed by atoms with E-state index in [1.165, 1.54) is 18.2 Å². The number of carbonyl (C=O) groups excluding carboxylic acids is 1. The summed E-state index contributed by atoms with van der Waals surface area (Å²) in [6.45, 7) is 0.396. The fraction of sp³-hybridized carbons (Fsp3) is 0.312. The number of phenols is 1. The van der Waals surface area contributed by atoms with Crippen molar-refractivity contribution in [3.05, 3.63) is 35.4 Å². The van der Waals surface area contributed by atoms with Gasteiger partial charge in [-0.05, 0) is 36.6 Å². The van der Waals surface area contributed by atoms with Gasteiger partial charge in [0.15, 0.2) is 0 Å². The second kappa shape index (κ2) is 9.19. The summed E-state index contributed by atoms with van der Waals surface area (Å²) in [6.07, 6.45) is 3.50. The van der Waals surface area contributed by atoms with Crippen molar-refractivity contribution in [1.29, 1.82) is 5.26 Å². The Morgan fingerprint density at radius 3 is 2.45 bits per heavy atom. The average Bonchev–Trinajstić information content (AvgIpc) is 2.49. The Morgan fingerprint density at radius 2 is 1.86 bits per heavy atom. The number of nitriles is 1. The van der Waals surface area contributed by atoms with Crippen LogP contribution in [-0.4, -0.2) is 28.6 Å². The van der Waals surface area contributed by atoms with Gasteiger partial charge < -0.3 is 15.5 Å². The number of carbonyl (C=O) groups is 2. The minimum atomic E-state index is -0.826. The molecule has 0 aliphatic rings. The van der Waals surface area contributed by atoms with Gasteiger partial charge in [-0.1, -0.05) is 18.6 Å². The average molecular weight is 302 g/mol. The van der Waals surface area contributed by atoms with Crippen molar-refractivity contribution in [3.63, 3.8) is 0 Å². The van der Waals surface area contributed by atoms with Crippen LogP contribution in [0.25, 0.3) is 6.08 Å². The van der Waals surface area contributed by atoms with E-state index in [2.05, 4.69) is 5.32 Å². The van der Waals surface area contributed by atoms with Gasteiger partial charge >= 0.3 is 5.97 Å². The van der Waals surface area contributed by atoms with E-state index >= 15 is 0 Å². The van der Waals surface area contributed by atoms with Crippen molar-refractivity contribution in [2.45, 2.75) is 25.7 Å². The number of carboxylic acid groups (broad SMARTS) is 1. The van der Waals surface area contributed by atoms with Crippen molar-refractivity contribution >= 4 is 18.0 Å². The number of nitrogens with zero attached hydrogens (tertiary/aromatic N) is 1. The van der Waals surface area contributed by atoms with Crippen LogP contribution < -0.4 is 5.32 Å². The summed E-state index contributed by atoms with van der Waals surface area (Å²) >= 11 is 0. The second-order valence-electron chi connectivity index (χ2n) is 4.72. The molecule has 1 rings (SSSR count). The van der Waals surface area contributed by atoms with Gasteiger partial charge in [0.1, 0.15) is 17.4 Å². The lowest BCUT2D eigenvalue weighted by Crippen LogP contribution is -2.25. The van der Waals surface area contributed by atoms with Crippen molar-refractivity contribution < 1.29 is 19.8 Å². The number of rotatable bonds is 8. The van der Waals surface area contributed by atoms with Crippen LogP contribution in [0.5, 0.6) is 5.75 Å². The predicted octanol–water partition coefficient (Wildman–Crippen LogP) is 2.06. The van der Waals surface area contributed by atoms with E-state index in [1.54, 1.807) is 12.1 Å². The summed E-state index contributed by atoms with van der Waals surface area (Å²) < 4.78 is 0. The number of benzene rings is 1. The molecule has 0 aliphatic heterocycles. The van der Waals surface area contributed by atoms with Crippen LogP contribution in [-0.2, 0) is 9.59 Å². The molecule has 0 heterocycles. The van der Waals surface area contributed by atoms with E-state index < -0.39 is 11.9 Å². The van der Waals surface area contributed by atoms with Gasteiger partial charge in [-0.25, -0.2) is 0 Å². The van der Waals surface area contributed by atoms with E-state index in [0.29, 0.717) is 31.4 Å². The van der Waals surface area contributed by atoms with Gasteiger partial charge in [0.2, 0.25) is 0 Å². The van der Waals surface area contributed by atoms with Gasteiger partial charge in [-0.2, -0.15) is 5.26 Å². The third kappa shape index (κ3) is 6.57. The number of carboxylic acids is 1. The molecule has 0 unspecified atom stereocenters. The first-order valence-electron chi connectivity index (χ1n) is 6.93. The molecule has 1 aromatic carbocycles. The number of phenolic OH excluding ortho intramolecular Hbond substituents is 1. The molecule has 0 fully saturated rings. The molecule has 116 valence electrons. The van der Waals surface area contributed by atoms with Gasteiger partial charge in [0, 0.05) is 13.0 Å². The molecule has 0 atom stereocenters. The number of nitrogens with one attached hydrogen (secondary N) is 1. The molecule has 3 N–H and O–H groups in total. The fourth-order valence-electron chi connectivity index (χ4n) is 1.76. The predicted molar refractivity (Wildman–Crippen MR) is 80.8 cm³/mol. The van der Waals surface area contributed by atoms with Crippen molar-refractivity contribution in [2.75, 3.05) is 6.54 Å². The zero-order valence-corrected chi connectivity index (χ0v) is 12.1. The van der Waals surface area contributed by atoms with E-state index in [0.717, 1.165) is 0 Å². The zero-order valence-electron chi connectivity index (χ0n) is 12.1. The highest BCUT2D eigenvalue weighted by molar-refractivity contribution is 6.01. The third-order valence-electron chi connectivity index (χ3n) is 2.92. The highest BCUT2D eigenvalue weighted by Crippen LogP contribution is 2.12. The quantitative estimate of drug-likeness (QED) is 0.387. The number of amides is 1. The highest BCUT2D eigenvalue weighted by atomic mass is 16.4. The smallest absolute Gasteiger partial charge is 0.303 e. The maximum absolute atomic E-state index is 11.8. The van der Waals surface area contributed by atoms with E-state index in [-0.39, 0.29) is 17.7 Å². The van der Waals surface area contributed by atoms with E-state index in [1.807, 2.05) is 6.07 Å². The summed E-state index contributed by atoms with van der Waals surface area (Å²) in [7, 11) is 0. The van der Waals surface area contributed by atoms with Crippen molar-refractivity contribution in [2.24, 2.45) is 0 Å². The number of hydrogen-bond acceptors (Lipinski definition) is 4. The number of unbranched alkanes of at least 4 members (excludes halogenated alkanes) is 2. The Hall–Kier alpha value is -2.81. The molecular weight excluding hydrogens is 284 g/mol. The molecule has 0 saturated heterocycles. The van der Waals surface area contributed by atoms with Crippen molar-refractivity contribution in [3.8, 4) is 11.8 Å². The zero-order chi connectivity index (χ0) is 16.4. The Labute approximate surface area is 128 Å². The van der Waals surface area contributed by atoms with Gasteiger partial charge in [-0.15, -0.1) is 0 Å². The molecular formula is C16H18N2O4. The van der Waals surface area contributed by atoms with E-state index in [4.69, 9.17) is 10.4 Å². The largest absolute Gasteiger partial charge is 0.508 e. The first kappa shape index (κ1) is 17.2. The number of aromatic hydroxyl groups is 1. The first-order chi connectivity index (χ1) is 10.5. The molecule has 0 radical (unpaired) electrons. The summed E-state index contributed by atoms with van der Waals surface area (Å²) in [5, 5.41) is 29.3. The Kier molecular flexibility index (Phi) is 7.20. The van der Waals surface area contributed by atoms with Gasteiger partial charge in [0.25, 0.3) is 5.91 Å². The van der Waals surface area contributed by atoms with Crippen LogP contribution in [0.2, 0.25) is 0 Å². The molecule has 0 aromatic heterocycles. The Balaban J connectivity index is 2.43. The maximum Gasteiger partial charge on any atom is 0.303 e. The van der Waals surface area contributed by atoms with Crippen LogP contribution in [0.1, 0.15) is 31.2 Å². The van der Waals surface area contributed by atoms with Crippen molar-refractivity contribution in [1.82, 2.24) is 5.32 Å². The molecule has 22 heavy (non-hydrogen) atoms. The lowest BCUT2D eigenvalue weighted by Gasteiger charge is -2.04. The molecule has 0 spiro atoms. The Bertz CT molecular complexity index is 585. The highest BCUT2D eigenvalue weighted by Gasteiger charge is 2.08. The molecule has 0 saturated carbocycles. The fourth-order valence-corrected chi connectivity index (χ4v) is 1.76. The maximum atomic E-state index is 11.8. The molecule has 6 heteroatoms. The Morgan fingerprint density at radius 1 is 1.18 bits per heavy atom. The molecule has 1 amide bonds. The van der Waals surface area contributed by atoms with Crippen LogP contribution in [0, 0.1) is 11.3 Å². The van der Waals surface area contributed by atoms with Crippen LogP contribution in [0.15, 0.2) is 29.8 Å². The molecule has 6 nitrogen and oxygen atoms in total. The summed E-state index contributed by atoms with van der Waals surface area (Å²) in [5.74, 6) is -1.18. The van der Waals surface area contributed by atoms with Gasteiger partial charge in [-0.3, -0.25) is 9.59 Å². The van der Waals surface area contributed by atoms with Gasteiger partial charge in [0.05, 0.1) is 0 Å². The first-order valence-corrected chi connectivity index (χ1v) is 6.93. The standard InChI is InChI=1S/C16H18N2O4/c17-11-13(10-12-5-7-14(19)8-6-12)16(22)18-9-3-1-2-4-15(20)21/h5-8,10,19H,1-4,9H2,(H,18,22)(H,20,21). The lowest BCUT2D eigenvalue weighted by atomic mass is 10.1. The lowest BCUT2D eigenvalue weighted by molar-refractivity contribution is -0.137. The second-order valence-corrected chi connectivity index (χ2v) is 4.72. The minimum Gasteiger partial charge on any atom is -0.508 e. The monoisotopic (exact) mass is 302 g/mol. The molecule has 0 bridgehead atoms. The summed E-state index contributed by atoms with van der Waals surface area (Å²) in [4.78, 5) is 22.2. The molecule has 1 aromatic rings. The summed E-state index contributed by atoms with van der Waals surface area (Å²) in [5.41, 5.74) is 0.627. The molecule has 0 aliphatic carbocycles. The normalized spacial score (nSPS) is 10.8. The number of hydrogen-bond donors (Lipinski definition) is 3. The van der Waals surface area contributed by atoms with Crippen LogP contribution in [0.4, 0.5) is 0 Å². The van der Waals surface area contributed by atoms with E-state index in [9.17, 15) is 14.7 Å². The number of aliphatic carboxylic acids is 1. The minimum absolute atomic E-state index is 0.0174. The topological polar surface area (TPSA) is 110 Å². The van der Waals surface area contributed by atoms with Crippen LogP contribution >= 0.6 is 0 Å². The van der Waals surface area contributed by atoms with Crippen LogP contribution in [0.3, 0.4) is 0 Å².